The normalized spacial score (nSPS) is 14.7. The van der Waals surface area contributed by atoms with E-state index in [1.807, 2.05) is 124 Å². The van der Waals surface area contributed by atoms with Crippen molar-refractivity contribution in [2.45, 2.75) is 83.0 Å². The van der Waals surface area contributed by atoms with Gasteiger partial charge in [0.2, 0.25) is 0 Å². The van der Waals surface area contributed by atoms with Gasteiger partial charge in [-0.1, -0.05) is 11.6 Å². The Labute approximate surface area is 636 Å². The van der Waals surface area contributed by atoms with Gasteiger partial charge in [-0.05, 0) is 133 Å². The third kappa shape index (κ3) is 19.3. The Hall–Kier alpha value is -10.2. The zero-order chi connectivity index (χ0) is 74.7. The SMILES string of the molecule is COc1cc(OC)cc(N(CCCN2CCC[C@H]2CO)c2ccc3ncc(-c4cnn(C)c4)nc3c2)c1.COc1cc(OC)cc(N(CCNC2CC(C)(C)NC(C)(C)C2)c2ccc3ncc(-c4cnn(C)c4)nc3c2)c1.COc1ccc(Cl)c(N(CCO)c2ccc3ncc(-c4cnn(C)c4)nc3c2)c1.S. The number of aliphatic hydroxyl groups excluding tert-OH is 2. The zero-order valence-corrected chi connectivity index (χ0v) is 64.7. The van der Waals surface area contributed by atoms with Crippen LogP contribution in [0.4, 0.5) is 34.1 Å². The van der Waals surface area contributed by atoms with Crippen LogP contribution in [-0.4, -0.2) is 186 Å². The second-order valence-electron chi connectivity index (χ2n) is 28.0. The minimum absolute atomic E-state index is 0. The molecule has 1 atom stereocenters. The van der Waals surface area contributed by atoms with Crippen LogP contribution in [0.3, 0.4) is 0 Å². The highest BCUT2D eigenvalue weighted by molar-refractivity contribution is 7.59. The van der Waals surface area contributed by atoms with Gasteiger partial charge in [0, 0.05) is 183 Å². The number of methoxy groups -OCH3 is 5. The summed E-state index contributed by atoms with van der Waals surface area (Å²) in [5, 5.41) is 40.3. The fourth-order valence-corrected chi connectivity index (χ4v) is 14.5. The second kappa shape index (κ2) is 35.0. The molecule has 562 valence electrons. The van der Waals surface area contributed by atoms with Gasteiger partial charge in [0.25, 0.3) is 0 Å². The highest BCUT2D eigenvalue weighted by Crippen LogP contribution is 2.39. The van der Waals surface area contributed by atoms with Gasteiger partial charge in [0.15, 0.2) is 0 Å². The van der Waals surface area contributed by atoms with Crippen molar-refractivity contribution in [2.75, 3.05) is 103 Å². The van der Waals surface area contributed by atoms with Gasteiger partial charge in [-0.3, -0.25) is 33.9 Å². The van der Waals surface area contributed by atoms with E-state index in [-0.39, 0.29) is 43.8 Å². The lowest BCUT2D eigenvalue weighted by Gasteiger charge is -2.47. The number of benzene rings is 6. The predicted molar refractivity (Wildman–Crippen MR) is 429 cm³/mol. The number of anilines is 6. The molecule has 8 heterocycles. The Morgan fingerprint density at radius 1 is 0.505 bits per heavy atom. The molecule has 0 radical (unpaired) electrons. The smallest absolute Gasteiger partial charge is 0.124 e. The lowest BCUT2D eigenvalue weighted by atomic mass is 9.79. The van der Waals surface area contributed by atoms with Crippen LogP contribution < -0.4 is 49.0 Å². The number of hydrogen-bond donors (Lipinski definition) is 4. The van der Waals surface area contributed by atoms with Crippen molar-refractivity contribution < 1.29 is 33.9 Å². The van der Waals surface area contributed by atoms with Crippen LogP contribution in [-0.2, 0) is 21.1 Å². The summed E-state index contributed by atoms with van der Waals surface area (Å²) in [5.74, 6) is 3.64. The van der Waals surface area contributed by atoms with Crippen LogP contribution in [0, 0.1) is 0 Å². The maximum absolute atomic E-state index is 9.73. The Bertz CT molecular complexity index is 4920. The third-order valence-corrected chi connectivity index (χ3v) is 19.4. The van der Waals surface area contributed by atoms with Gasteiger partial charge in [-0.15, -0.1) is 0 Å². The summed E-state index contributed by atoms with van der Waals surface area (Å²) in [7, 11) is 13.9. The molecule has 4 N–H and O–H groups in total. The van der Waals surface area contributed by atoms with Crippen molar-refractivity contribution in [1.82, 2.24) is 74.8 Å². The first-order valence-corrected chi connectivity index (χ1v) is 36.0. The van der Waals surface area contributed by atoms with Crippen molar-refractivity contribution >= 4 is 92.3 Å². The number of fused-ring (bicyclic) bond motifs is 3. The molecule has 6 aromatic heterocycles. The summed E-state index contributed by atoms with van der Waals surface area (Å²) in [6.45, 7) is 14.0. The van der Waals surface area contributed by atoms with Crippen LogP contribution in [0.5, 0.6) is 28.7 Å². The molecule has 0 saturated carbocycles. The van der Waals surface area contributed by atoms with E-state index in [0.29, 0.717) is 23.4 Å². The van der Waals surface area contributed by atoms with Gasteiger partial charge >= 0.3 is 0 Å². The Kier molecular flexibility index (Phi) is 25.5. The number of halogens is 1. The highest BCUT2D eigenvalue weighted by atomic mass is 35.5. The molecular formula is C80H97ClN18O7S. The standard InChI is InChI=1S/C31H41N7O2.C28H34N6O3.C21H20ClN5O2.H2S/c1-30(2)16-22(17-31(3,4)36-30)32-10-11-38(24-12-25(39-6)15-26(13-24)40-7)23-8-9-27-28(14-23)35-29(19-33-27)21-18-34-37(5)20-21;1-32-18-20(16-30-32)28-17-29-26-8-7-21(14-27(26)31-28)34(11-5-10-33-9-4-6-22(33)19-35)23-12-24(36-2)15-25(13-23)37-3;1-26-13-14(11-24-26)20-12-23-18-6-3-15(9-19(18)25-20)27(7-8-28)21-10-16(29-2)4-5-17(21)22;/h8-9,12-15,18-20,22,32,36H,10-11,16-17H2,1-7H3;7-8,12-18,22,35H,4-6,9-11,19H2,1-3H3;3-6,9-13,28H,7-8H2,1-2H3;1H2/t;22-;;/m.0../s1. The summed E-state index contributed by atoms with van der Waals surface area (Å²) in [6, 6.07) is 36.2. The van der Waals surface area contributed by atoms with Crippen molar-refractivity contribution in [3.8, 4) is 62.5 Å². The van der Waals surface area contributed by atoms with Crippen LogP contribution in [0.15, 0.2) is 165 Å². The molecule has 0 spiro atoms. The van der Waals surface area contributed by atoms with E-state index in [1.54, 1.807) is 92.7 Å². The number of aryl methyl sites for hydroxylation is 3. The summed E-state index contributed by atoms with van der Waals surface area (Å²) in [4.78, 5) is 37.3. The van der Waals surface area contributed by atoms with Gasteiger partial charge < -0.3 is 59.2 Å². The second-order valence-corrected chi connectivity index (χ2v) is 28.4. The van der Waals surface area contributed by atoms with Gasteiger partial charge in [0.05, 0.1) is 147 Å². The monoisotopic (exact) mass is 1490 g/mol. The average molecular weight is 1490 g/mol. The van der Waals surface area contributed by atoms with E-state index >= 15 is 0 Å². The molecule has 2 saturated heterocycles. The summed E-state index contributed by atoms with van der Waals surface area (Å²) < 4.78 is 32.9. The first kappa shape index (κ1) is 77.9. The lowest BCUT2D eigenvalue weighted by molar-refractivity contribution is 0.147. The van der Waals surface area contributed by atoms with Crippen LogP contribution in [0.2, 0.25) is 5.02 Å². The topological polar surface area (TPSA) is 254 Å². The number of rotatable bonds is 25. The van der Waals surface area contributed by atoms with Crippen LogP contribution in [0.25, 0.3) is 66.9 Å². The number of likely N-dealkylation sites (tertiary alicyclic amines) is 1. The van der Waals surface area contributed by atoms with Gasteiger partial charge in [0.1, 0.15) is 28.7 Å². The fraction of sp³-hybridized carbons (Fsp3) is 0.362. The number of aromatic nitrogens is 12. The fourth-order valence-electron chi connectivity index (χ4n) is 14.3. The Balaban J connectivity index is 0.000000161. The summed E-state index contributed by atoms with van der Waals surface area (Å²) in [6.07, 6.45) is 21.8. The lowest BCUT2D eigenvalue weighted by Crippen LogP contribution is -2.61. The van der Waals surface area contributed by atoms with E-state index in [0.717, 1.165) is 189 Å². The third-order valence-electron chi connectivity index (χ3n) is 19.1. The van der Waals surface area contributed by atoms with Crippen molar-refractivity contribution in [3.63, 3.8) is 0 Å². The number of nitrogens with one attached hydrogen (secondary N) is 2. The summed E-state index contributed by atoms with van der Waals surface area (Å²) >= 11 is 6.44. The molecule has 27 heteroatoms. The molecule has 107 heavy (non-hydrogen) atoms. The van der Waals surface area contributed by atoms with Crippen molar-refractivity contribution in [1.29, 1.82) is 0 Å². The van der Waals surface area contributed by atoms with Gasteiger partial charge in [-0.2, -0.15) is 28.8 Å². The quantitative estimate of drug-likeness (QED) is 0.0415. The van der Waals surface area contributed by atoms with Crippen molar-refractivity contribution in [2.24, 2.45) is 21.1 Å². The molecule has 0 bridgehead atoms. The van der Waals surface area contributed by atoms with E-state index in [2.05, 4.69) is 108 Å². The summed E-state index contributed by atoms with van der Waals surface area (Å²) in [5.41, 5.74) is 15.7. The first-order valence-electron chi connectivity index (χ1n) is 35.6. The largest absolute Gasteiger partial charge is 0.497 e. The van der Waals surface area contributed by atoms with E-state index in [4.69, 9.17) is 50.2 Å². The molecule has 25 nitrogen and oxygen atoms in total. The van der Waals surface area contributed by atoms with Crippen molar-refractivity contribution in [3.05, 3.63) is 170 Å². The molecule has 0 aliphatic carbocycles. The number of aliphatic hydroxyl groups is 2. The minimum Gasteiger partial charge on any atom is -0.497 e. The van der Waals surface area contributed by atoms with Gasteiger partial charge in [-0.25, -0.2) is 15.0 Å². The number of nitrogens with zero attached hydrogens (tertiary/aromatic N) is 16. The zero-order valence-electron chi connectivity index (χ0n) is 62.9. The molecule has 12 aromatic rings. The highest BCUT2D eigenvalue weighted by Gasteiger charge is 2.37. The molecule has 2 aliphatic heterocycles. The molecular weight excluding hydrogens is 1390 g/mol. The predicted octanol–water partition coefficient (Wildman–Crippen LogP) is 13.1. The number of ether oxygens (including phenoxy) is 5. The average Bonchev–Trinajstić information content (AvgIpc) is 1.47. The molecule has 0 unspecified atom stereocenters. The molecule has 6 aromatic carbocycles. The molecule has 2 fully saturated rings. The number of hydrogen-bond acceptors (Lipinski definition) is 22. The maximum Gasteiger partial charge on any atom is 0.124 e. The minimum atomic E-state index is -0.0347. The Morgan fingerprint density at radius 2 is 0.935 bits per heavy atom. The molecule has 0 amide bonds. The van der Waals surface area contributed by atoms with E-state index < -0.39 is 0 Å². The van der Waals surface area contributed by atoms with E-state index in [9.17, 15) is 10.2 Å². The number of piperidine rings is 1. The Morgan fingerprint density at radius 3 is 1.34 bits per heavy atom. The van der Waals surface area contributed by atoms with Crippen LogP contribution >= 0.6 is 25.1 Å². The first-order chi connectivity index (χ1) is 51.2. The molecule has 14 rings (SSSR count). The van der Waals surface area contributed by atoms with E-state index in [1.165, 1.54) is 0 Å². The molecule has 2 aliphatic rings. The maximum atomic E-state index is 9.73. The van der Waals surface area contributed by atoms with Crippen LogP contribution in [0.1, 0.15) is 59.8 Å².